The van der Waals surface area contributed by atoms with Crippen molar-refractivity contribution in [2.75, 3.05) is 20.8 Å². The van der Waals surface area contributed by atoms with Crippen LogP contribution in [0.5, 0.6) is 0 Å². The van der Waals surface area contributed by atoms with Gasteiger partial charge in [-0.05, 0) is 48.5 Å². The largest absolute Gasteiger partial charge is 0.384 e. The molecule has 5 atom stereocenters. The van der Waals surface area contributed by atoms with Gasteiger partial charge in [0.2, 0.25) is 0 Å². The summed E-state index contributed by atoms with van der Waals surface area (Å²) in [6, 6.07) is 0. The molecule has 0 aromatic carbocycles. The molecule has 0 amide bonds. The average molecular weight is 320 g/mol. The van der Waals surface area contributed by atoms with Crippen LogP contribution in [0, 0.1) is 0 Å². The first-order chi connectivity index (χ1) is 9.58. The normalized spacial score (nSPS) is 50.2. The zero-order valence-corrected chi connectivity index (χ0v) is 15.3. The molecule has 0 aromatic rings. The Kier molecular flexibility index (Phi) is 4.62. The monoisotopic (exact) mass is 320 g/mol. The van der Waals surface area contributed by atoms with Gasteiger partial charge in [0.15, 0.2) is 0 Å². The Labute approximate surface area is 133 Å². The van der Waals surface area contributed by atoms with Crippen LogP contribution in [0.2, 0.25) is 0 Å². The molecule has 22 heavy (non-hydrogen) atoms. The van der Waals surface area contributed by atoms with Crippen LogP contribution in [0.25, 0.3) is 0 Å². The number of hydrogen-bond acceptors (Lipinski definition) is 6. The molecule has 0 aliphatic carbocycles. The SMILES string of the molecule is COC[C@@]1(C)OC(C)(C(C)(C)OC)[C@@](C)(O)[C@@](C)(O)C1(C)O. The van der Waals surface area contributed by atoms with E-state index in [1.54, 1.807) is 27.7 Å². The van der Waals surface area contributed by atoms with Gasteiger partial charge in [0.05, 0.1) is 12.2 Å². The Hall–Kier alpha value is -0.240. The first-order valence-corrected chi connectivity index (χ1v) is 7.49. The third-order valence-electron chi connectivity index (χ3n) is 6.36. The van der Waals surface area contributed by atoms with Gasteiger partial charge in [-0.1, -0.05) is 0 Å². The highest BCUT2D eigenvalue weighted by molar-refractivity contribution is 5.26. The lowest BCUT2D eigenvalue weighted by Gasteiger charge is -2.68. The van der Waals surface area contributed by atoms with E-state index in [1.807, 2.05) is 0 Å². The summed E-state index contributed by atoms with van der Waals surface area (Å²) in [6.07, 6.45) is 0. The summed E-state index contributed by atoms with van der Waals surface area (Å²) in [5.41, 5.74) is -8.94. The molecule has 132 valence electrons. The quantitative estimate of drug-likeness (QED) is 0.712. The lowest BCUT2D eigenvalue weighted by atomic mass is 9.55. The van der Waals surface area contributed by atoms with Crippen LogP contribution < -0.4 is 0 Å². The maximum atomic E-state index is 11.2. The molecule has 1 saturated heterocycles. The number of rotatable bonds is 4. The van der Waals surface area contributed by atoms with Gasteiger partial charge in [-0.2, -0.15) is 0 Å². The van der Waals surface area contributed by atoms with E-state index in [-0.39, 0.29) is 6.61 Å². The Morgan fingerprint density at radius 1 is 0.864 bits per heavy atom. The molecule has 1 aliphatic heterocycles. The highest BCUT2D eigenvalue weighted by Crippen LogP contribution is 2.56. The fourth-order valence-corrected chi connectivity index (χ4v) is 3.45. The Balaban J connectivity index is 3.65. The van der Waals surface area contributed by atoms with E-state index in [1.165, 1.54) is 35.0 Å². The van der Waals surface area contributed by atoms with Crippen molar-refractivity contribution >= 4 is 0 Å². The Bertz CT molecular complexity index is 428. The van der Waals surface area contributed by atoms with E-state index in [9.17, 15) is 15.3 Å². The topological polar surface area (TPSA) is 88.4 Å². The molecule has 6 heteroatoms. The van der Waals surface area contributed by atoms with Crippen molar-refractivity contribution in [3.8, 4) is 0 Å². The van der Waals surface area contributed by atoms with Crippen LogP contribution in [0.15, 0.2) is 0 Å². The van der Waals surface area contributed by atoms with E-state index in [0.717, 1.165) is 0 Å². The van der Waals surface area contributed by atoms with Crippen LogP contribution in [-0.2, 0) is 14.2 Å². The molecule has 1 aliphatic rings. The van der Waals surface area contributed by atoms with E-state index >= 15 is 0 Å². The minimum absolute atomic E-state index is 0.0433. The number of aliphatic hydroxyl groups is 3. The predicted octanol–water partition coefficient (Wildman–Crippen LogP) is 0.858. The second-order valence-corrected chi connectivity index (χ2v) is 7.73. The molecule has 1 heterocycles. The summed E-state index contributed by atoms with van der Waals surface area (Å²) < 4.78 is 16.9. The van der Waals surface area contributed by atoms with Crippen molar-refractivity contribution < 1.29 is 29.5 Å². The third-order valence-corrected chi connectivity index (χ3v) is 6.36. The highest BCUT2D eigenvalue weighted by Gasteiger charge is 2.76. The van der Waals surface area contributed by atoms with Gasteiger partial charge in [-0.15, -0.1) is 0 Å². The molecule has 0 spiro atoms. The van der Waals surface area contributed by atoms with E-state index in [0.29, 0.717) is 0 Å². The van der Waals surface area contributed by atoms with Crippen LogP contribution in [0.1, 0.15) is 48.5 Å². The fraction of sp³-hybridized carbons (Fsp3) is 1.00. The smallest absolute Gasteiger partial charge is 0.126 e. The van der Waals surface area contributed by atoms with E-state index < -0.39 is 33.6 Å². The molecule has 0 radical (unpaired) electrons. The van der Waals surface area contributed by atoms with Crippen LogP contribution >= 0.6 is 0 Å². The van der Waals surface area contributed by atoms with Crippen LogP contribution in [0.4, 0.5) is 0 Å². The van der Waals surface area contributed by atoms with Gasteiger partial charge in [0.1, 0.15) is 28.0 Å². The minimum atomic E-state index is -1.88. The zero-order valence-electron chi connectivity index (χ0n) is 15.3. The third kappa shape index (κ3) is 2.08. The number of ether oxygens (including phenoxy) is 3. The average Bonchev–Trinajstić information content (AvgIpc) is 2.36. The number of hydrogen-bond donors (Lipinski definition) is 3. The van der Waals surface area contributed by atoms with Crippen molar-refractivity contribution in [1.29, 1.82) is 0 Å². The summed E-state index contributed by atoms with van der Waals surface area (Å²) in [5, 5.41) is 33.3. The molecule has 6 nitrogen and oxygen atoms in total. The summed E-state index contributed by atoms with van der Waals surface area (Å²) in [5.74, 6) is 0. The van der Waals surface area contributed by atoms with Crippen LogP contribution in [-0.4, -0.2) is 69.8 Å². The van der Waals surface area contributed by atoms with Crippen molar-refractivity contribution in [1.82, 2.24) is 0 Å². The van der Waals surface area contributed by atoms with Gasteiger partial charge in [0, 0.05) is 14.2 Å². The Morgan fingerprint density at radius 2 is 1.32 bits per heavy atom. The molecular weight excluding hydrogens is 288 g/mol. The summed E-state index contributed by atoms with van der Waals surface area (Å²) in [6.45, 7) is 11.2. The molecule has 1 fully saturated rings. The minimum Gasteiger partial charge on any atom is -0.384 e. The molecule has 2 unspecified atom stereocenters. The van der Waals surface area contributed by atoms with Crippen molar-refractivity contribution in [2.45, 2.75) is 82.1 Å². The maximum absolute atomic E-state index is 11.2. The maximum Gasteiger partial charge on any atom is 0.126 e. The number of methoxy groups -OCH3 is 2. The first kappa shape index (κ1) is 19.8. The predicted molar refractivity (Wildman–Crippen MR) is 82.7 cm³/mol. The van der Waals surface area contributed by atoms with Crippen molar-refractivity contribution in [3.05, 3.63) is 0 Å². The zero-order chi connectivity index (χ0) is 17.8. The highest BCUT2D eigenvalue weighted by atomic mass is 16.6. The first-order valence-electron chi connectivity index (χ1n) is 7.49. The van der Waals surface area contributed by atoms with Crippen molar-refractivity contribution in [3.63, 3.8) is 0 Å². The summed E-state index contributed by atoms with van der Waals surface area (Å²) in [7, 11) is 3.00. The summed E-state index contributed by atoms with van der Waals surface area (Å²) in [4.78, 5) is 0. The van der Waals surface area contributed by atoms with Crippen LogP contribution in [0.3, 0.4) is 0 Å². The Morgan fingerprint density at radius 3 is 1.68 bits per heavy atom. The van der Waals surface area contributed by atoms with E-state index in [4.69, 9.17) is 14.2 Å². The lowest BCUT2D eigenvalue weighted by Crippen LogP contribution is -2.87. The molecular formula is C16H32O6. The van der Waals surface area contributed by atoms with Crippen molar-refractivity contribution in [2.24, 2.45) is 0 Å². The van der Waals surface area contributed by atoms with Gasteiger partial charge >= 0.3 is 0 Å². The molecule has 0 saturated carbocycles. The van der Waals surface area contributed by atoms with E-state index in [2.05, 4.69) is 0 Å². The summed E-state index contributed by atoms with van der Waals surface area (Å²) >= 11 is 0. The van der Waals surface area contributed by atoms with Gasteiger partial charge in [-0.3, -0.25) is 0 Å². The second-order valence-electron chi connectivity index (χ2n) is 7.73. The lowest BCUT2D eigenvalue weighted by molar-refractivity contribution is -0.426. The van der Waals surface area contributed by atoms with Gasteiger partial charge < -0.3 is 29.5 Å². The molecule has 3 N–H and O–H groups in total. The second kappa shape index (κ2) is 5.13. The van der Waals surface area contributed by atoms with Gasteiger partial charge in [0.25, 0.3) is 0 Å². The van der Waals surface area contributed by atoms with Gasteiger partial charge in [-0.25, -0.2) is 0 Å². The molecule has 1 rings (SSSR count). The fourth-order valence-electron chi connectivity index (χ4n) is 3.45. The molecule has 0 bridgehead atoms. The standard InChI is InChI=1S/C16H32O6/c1-11(2,21-9)16(7)15(6,19)14(5,18)13(4,17)12(3,22-16)10-20-8/h17-19H,10H2,1-9H3/t12-,13?,14+,15+,16?/m1/s1. The molecule has 0 aromatic heterocycles.